The molecule has 1 aliphatic heterocycles. The first kappa shape index (κ1) is 16.1. The fourth-order valence-corrected chi connectivity index (χ4v) is 4.21. The molecular weight excluding hydrogens is 378 g/mol. The smallest absolute Gasteiger partial charge is 0.257 e. The maximum atomic E-state index is 12.4. The quantitative estimate of drug-likeness (QED) is 0.664. The molecule has 1 aliphatic rings. The van der Waals surface area contributed by atoms with Gasteiger partial charge in [0.15, 0.2) is 5.13 Å². The molecule has 2 heterocycles. The summed E-state index contributed by atoms with van der Waals surface area (Å²) < 4.78 is 0.499. The monoisotopic (exact) mass is 387 g/mol. The van der Waals surface area contributed by atoms with Crippen LogP contribution in [0.4, 0.5) is 10.8 Å². The highest BCUT2D eigenvalue weighted by Crippen LogP contribution is 2.39. The highest BCUT2D eigenvalue weighted by molar-refractivity contribution is 7.99. The van der Waals surface area contributed by atoms with Crippen molar-refractivity contribution in [2.45, 2.75) is 9.79 Å². The number of thiazole rings is 1. The minimum Gasteiger partial charge on any atom is -0.321 e. The van der Waals surface area contributed by atoms with Crippen LogP contribution in [-0.4, -0.2) is 16.8 Å². The Morgan fingerprint density at radius 1 is 1.16 bits per heavy atom. The highest BCUT2D eigenvalue weighted by Gasteiger charge is 2.20. The van der Waals surface area contributed by atoms with Crippen molar-refractivity contribution in [3.8, 4) is 0 Å². The molecule has 0 saturated carbocycles. The lowest BCUT2D eigenvalue weighted by Gasteiger charge is -2.08. The Morgan fingerprint density at radius 3 is 2.80 bits per heavy atom. The van der Waals surface area contributed by atoms with Gasteiger partial charge >= 0.3 is 0 Å². The topological polar surface area (TPSA) is 71.1 Å². The second-order valence-electron chi connectivity index (χ2n) is 5.19. The molecule has 0 saturated heterocycles. The standard InChI is InChI=1S/C17H10ClN3O2S2/c18-14-8-19-17(25-14)21-15(22)9-5-6-13-11(7-9)20-16(23)10-3-1-2-4-12(10)24-13/h1-8H,(H,20,23)(H,19,21,22). The van der Waals surface area contributed by atoms with Gasteiger partial charge in [0.1, 0.15) is 4.34 Å². The van der Waals surface area contributed by atoms with E-state index in [2.05, 4.69) is 15.6 Å². The summed E-state index contributed by atoms with van der Waals surface area (Å²) in [5, 5.41) is 5.99. The molecule has 2 amide bonds. The van der Waals surface area contributed by atoms with Crippen LogP contribution in [0.5, 0.6) is 0 Å². The average Bonchev–Trinajstić information content (AvgIpc) is 2.94. The normalized spacial score (nSPS) is 12.6. The SMILES string of the molecule is O=C(Nc1ncc(Cl)s1)c1ccc2c(c1)NC(=O)c1ccccc1S2. The van der Waals surface area contributed by atoms with E-state index in [9.17, 15) is 9.59 Å². The number of hydrogen-bond acceptors (Lipinski definition) is 5. The van der Waals surface area contributed by atoms with Crippen LogP contribution in [0.3, 0.4) is 0 Å². The van der Waals surface area contributed by atoms with Crippen molar-refractivity contribution in [1.29, 1.82) is 0 Å². The summed E-state index contributed by atoms with van der Waals surface area (Å²) >= 11 is 8.49. The zero-order chi connectivity index (χ0) is 17.4. The summed E-state index contributed by atoms with van der Waals surface area (Å²) in [6.07, 6.45) is 1.48. The van der Waals surface area contributed by atoms with Gasteiger partial charge in [-0.05, 0) is 30.3 Å². The van der Waals surface area contributed by atoms with E-state index in [1.165, 1.54) is 29.3 Å². The lowest BCUT2D eigenvalue weighted by Crippen LogP contribution is -2.14. The molecule has 0 spiro atoms. The first-order valence-electron chi connectivity index (χ1n) is 7.25. The number of benzene rings is 2. The van der Waals surface area contributed by atoms with Crippen molar-refractivity contribution < 1.29 is 9.59 Å². The van der Waals surface area contributed by atoms with Gasteiger partial charge in [-0.2, -0.15) is 0 Å². The summed E-state index contributed by atoms with van der Waals surface area (Å²) in [5.41, 5.74) is 1.65. The van der Waals surface area contributed by atoms with Crippen molar-refractivity contribution in [2.24, 2.45) is 0 Å². The lowest BCUT2D eigenvalue weighted by molar-refractivity contribution is 0.101. The van der Waals surface area contributed by atoms with E-state index in [0.29, 0.717) is 26.3 Å². The number of aromatic nitrogens is 1. The number of halogens is 1. The Labute approximate surface area is 156 Å². The zero-order valence-electron chi connectivity index (χ0n) is 12.6. The molecule has 0 bridgehead atoms. The highest BCUT2D eigenvalue weighted by atomic mass is 35.5. The van der Waals surface area contributed by atoms with Crippen molar-refractivity contribution >= 4 is 57.3 Å². The number of nitrogens with one attached hydrogen (secondary N) is 2. The summed E-state index contributed by atoms with van der Waals surface area (Å²) in [5.74, 6) is -0.499. The van der Waals surface area contributed by atoms with Gasteiger partial charge in [0.2, 0.25) is 0 Å². The number of amides is 2. The van der Waals surface area contributed by atoms with Crippen LogP contribution in [0.1, 0.15) is 20.7 Å². The van der Waals surface area contributed by atoms with Gasteiger partial charge in [0.25, 0.3) is 11.8 Å². The van der Waals surface area contributed by atoms with Crippen molar-refractivity contribution in [3.63, 3.8) is 0 Å². The number of anilines is 2. The van der Waals surface area contributed by atoms with Crippen LogP contribution in [0, 0.1) is 0 Å². The molecule has 0 unspecified atom stereocenters. The van der Waals surface area contributed by atoms with Crippen LogP contribution in [0.2, 0.25) is 4.34 Å². The summed E-state index contributed by atoms with van der Waals surface area (Å²) in [6, 6.07) is 12.6. The fourth-order valence-electron chi connectivity index (χ4n) is 2.39. The number of hydrogen-bond donors (Lipinski definition) is 2. The van der Waals surface area contributed by atoms with Gasteiger partial charge in [-0.25, -0.2) is 4.98 Å². The Balaban J connectivity index is 1.63. The van der Waals surface area contributed by atoms with E-state index in [1.807, 2.05) is 24.3 Å². The zero-order valence-corrected chi connectivity index (χ0v) is 15.0. The summed E-state index contributed by atoms with van der Waals surface area (Å²) in [4.78, 5) is 30.6. The summed E-state index contributed by atoms with van der Waals surface area (Å²) in [7, 11) is 0. The van der Waals surface area contributed by atoms with Crippen LogP contribution in [0.15, 0.2) is 58.5 Å². The number of carbonyl (C=O) groups is 2. The van der Waals surface area contributed by atoms with Gasteiger partial charge < -0.3 is 5.32 Å². The van der Waals surface area contributed by atoms with Gasteiger partial charge in [-0.15, -0.1) is 0 Å². The first-order valence-corrected chi connectivity index (χ1v) is 9.26. The first-order chi connectivity index (χ1) is 12.1. The minimum absolute atomic E-state index is 0.189. The molecule has 1 aromatic heterocycles. The van der Waals surface area contributed by atoms with E-state index in [4.69, 9.17) is 11.6 Å². The number of fused-ring (bicyclic) bond motifs is 2. The number of rotatable bonds is 2. The van der Waals surface area contributed by atoms with E-state index >= 15 is 0 Å². The van der Waals surface area contributed by atoms with Crippen LogP contribution in [0.25, 0.3) is 0 Å². The molecule has 124 valence electrons. The van der Waals surface area contributed by atoms with Crippen molar-refractivity contribution in [1.82, 2.24) is 4.98 Å². The maximum Gasteiger partial charge on any atom is 0.257 e. The van der Waals surface area contributed by atoms with Crippen molar-refractivity contribution in [2.75, 3.05) is 10.6 Å². The molecule has 2 N–H and O–H groups in total. The molecule has 0 fully saturated rings. The predicted molar refractivity (Wildman–Crippen MR) is 100 cm³/mol. The fraction of sp³-hybridized carbons (Fsp3) is 0. The molecular formula is C17H10ClN3O2S2. The number of carbonyl (C=O) groups excluding carboxylic acids is 2. The Morgan fingerprint density at radius 2 is 2.00 bits per heavy atom. The van der Waals surface area contributed by atoms with E-state index in [-0.39, 0.29) is 11.8 Å². The molecule has 0 aliphatic carbocycles. The van der Waals surface area contributed by atoms with E-state index in [0.717, 1.165) is 9.79 Å². The third-order valence-corrected chi connectivity index (χ3v) is 5.72. The van der Waals surface area contributed by atoms with Gasteiger partial charge in [-0.3, -0.25) is 14.9 Å². The largest absolute Gasteiger partial charge is 0.321 e. The van der Waals surface area contributed by atoms with Gasteiger partial charge in [0, 0.05) is 15.4 Å². The molecule has 0 atom stereocenters. The van der Waals surface area contributed by atoms with Crippen molar-refractivity contribution in [3.05, 3.63) is 64.1 Å². The third-order valence-electron chi connectivity index (χ3n) is 3.54. The van der Waals surface area contributed by atoms with Crippen LogP contribution in [-0.2, 0) is 0 Å². The molecule has 0 radical (unpaired) electrons. The Bertz CT molecular complexity index is 1000. The second kappa shape index (κ2) is 6.51. The average molecular weight is 388 g/mol. The van der Waals surface area contributed by atoms with Crippen LogP contribution < -0.4 is 10.6 Å². The Hall–Kier alpha value is -2.35. The van der Waals surface area contributed by atoms with Gasteiger partial charge in [-0.1, -0.05) is 46.8 Å². The molecule has 5 nitrogen and oxygen atoms in total. The van der Waals surface area contributed by atoms with Gasteiger partial charge in [0.05, 0.1) is 17.4 Å². The molecule has 8 heteroatoms. The summed E-state index contributed by atoms with van der Waals surface area (Å²) in [6.45, 7) is 0. The number of nitrogens with zero attached hydrogens (tertiary/aromatic N) is 1. The minimum atomic E-state index is -0.310. The van der Waals surface area contributed by atoms with Crippen LogP contribution >= 0.6 is 34.7 Å². The van der Waals surface area contributed by atoms with E-state index < -0.39 is 0 Å². The maximum absolute atomic E-state index is 12.4. The molecule has 3 aromatic rings. The molecule has 2 aromatic carbocycles. The Kier molecular flexibility index (Phi) is 4.20. The second-order valence-corrected chi connectivity index (χ2v) is 7.93. The van der Waals surface area contributed by atoms with E-state index in [1.54, 1.807) is 18.2 Å². The third kappa shape index (κ3) is 3.26. The lowest BCUT2D eigenvalue weighted by atomic mass is 10.1. The molecule has 25 heavy (non-hydrogen) atoms. The molecule has 4 rings (SSSR count). The predicted octanol–water partition coefficient (Wildman–Crippen LogP) is 4.77.